The van der Waals surface area contributed by atoms with Gasteiger partial charge >= 0.3 is 0 Å². The van der Waals surface area contributed by atoms with Gasteiger partial charge in [0.25, 0.3) is 0 Å². The number of unbranched alkanes of at least 4 members (excludes halogenated alkanes) is 6. The van der Waals surface area contributed by atoms with Gasteiger partial charge in [0.05, 0.1) is 13.2 Å². The fraction of sp³-hybridized carbons (Fsp3) is 0.933. The summed E-state index contributed by atoms with van der Waals surface area (Å²) in [6, 6.07) is 0. The molecular weight excluding hydrogens is 242 g/mol. The summed E-state index contributed by atoms with van der Waals surface area (Å²) in [5, 5.41) is 11.4. The lowest BCUT2D eigenvalue weighted by Crippen LogP contribution is -2.25. The molecule has 0 aromatic heterocycles. The number of aliphatic hydroxyl groups excluding tert-OH is 1. The Balaban J connectivity index is 3.13. The van der Waals surface area contributed by atoms with E-state index in [0.717, 1.165) is 19.3 Å². The van der Waals surface area contributed by atoms with E-state index in [1.165, 1.54) is 32.1 Å². The van der Waals surface area contributed by atoms with E-state index in [4.69, 9.17) is 9.84 Å². The molecule has 0 bridgehead atoms. The summed E-state index contributed by atoms with van der Waals surface area (Å²) in [5.74, 6) is 0.149. The summed E-state index contributed by atoms with van der Waals surface area (Å²) >= 11 is 0. The van der Waals surface area contributed by atoms with Crippen LogP contribution in [0, 0.1) is 0 Å². The molecular formula is C15H31NO3. The van der Waals surface area contributed by atoms with E-state index in [2.05, 4.69) is 12.2 Å². The Hall–Kier alpha value is -0.610. The van der Waals surface area contributed by atoms with E-state index in [0.29, 0.717) is 26.2 Å². The maximum atomic E-state index is 11.5. The third-order valence-electron chi connectivity index (χ3n) is 3.03. The van der Waals surface area contributed by atoms with Crippen LogP contribution in [0.1, 0.15) is 64.7 Å². The van der Waals surface area contributed by atoms with Gasteiger partial charge in [0.15, 0.2) is 0 Å². The van der Waals surface area contributed by atoms with Gasteiger partial charge in [-0.05, 0) is 12.8 Å². The maximum absolute atomic E-state index is 11.5. The summed E-state index contributed by atoms with van der Waals surface area (Å²) < 4.78 is 5.11. The van der Waals surface area contributed by atoms with Crippen LogP contribution >= 0.6 is 0 Å². The van der Waals surface area contributed by atoms with Crippen LogP contribution in [0.3, 0.4) is 0 Å². The fourth-order valence-corrected chi connectivity index (χ4v) is 1.90. The average Bonchev–Trinajstić information content (AvgIpc) is 2.41. The van der Waals surface area contributed by atoms with Gasteiger partial charge in [-0.1, -0.05) is 45.4 Å². The van der Waals surface area contributed by atoms with Crippen LogP contribution < -0.4 is 5.32 Å². The number of carbonyl (C=O) groups is 1. The highest BCUT2D eigenvalue weighted by Crippen LogP contribution is 2.08. The minimum atomic E-state index is 0.0601. The van der Waals surface area contributed by atoms with Gasteiger partial charge in [-0.3, -0.25) is 4.79 Å². The molecule has 0 heterocycles. The Labute approximate surface area is 117 Å². The van der Waals surface area contributed by atoms with Gasteiger partial charge in [0.1, 0.15) is 0 Å². The van der Waals surface area contributed by atoms with Crippen molar-refractivity contribution in [1.29, 1.82) is 0 Å². The molecule has 0 aliphatic rings. The van der Waals surface area contributed by atoms with Gasteiger partial charge < -0.3 is 15.2 Å². The normalized spacial score (nSPS) is 10.6. The molecule has 0 aliphatic carbocycles. The first-order valence-corrected chi connectivity index (χ1v) is 7.76. The first kappa shape index (κ1) is 18.4. The molecule has 19 heavy (non-hydrogen) atoms. The van der Waals surface area contributed by atoms with Crippen LogP contribution in [0.5, 0.6) is 0 Å². The number of carbonyl (C=O) groups excluding carboxylic acids is 1. The van der Waals surface area contributed by atoms with E-state index < -0.39 is 0 Å². The van der Waals surface area contributed by atoms with E-state index in [9.17, 15) is 4.79 Å². The van der Waals surface area contributed by atoms with Crippen LogP contribution in [0.25, 0.3) is 0 Å². The van der Waals surface area contributed by atoms with Gasteiger partial charge in [0, 0.05) is 19.6 Å². The average molecular weight is 273 g/mol. The lowest BCUT2D eigenvalue weighted by Gasteiger charge is -2.05. The zero-order valence-corrected chi connectivity index (χ0v) is 12.5. The summed E-state index contributed by atoms with van der Waals surface area (Å²) in [7, 11) is 0. The molecule has 0 fully saturated rings. The maximum Gasteiger partial charge on any atom is 0.219 e. The number of amides is 1. The van der Waals surface area contributed by atoms with Crippen molar-refractivity contribution in [3.63, 3.8) is 0 Å². The Morgan fingerprint density at radius 1 is 1.00 bits per heavy atom. The van der Waals surface area contributed by atoms with Crippen molar-refractivity contribution in [3.8, 4) is 0 Å². The first-order chi connectivity index (χ1) is 9.31. The van der Waals surface area contributed by atoms with Crippen molar-refractivity contribution in [2.45, 2.75) is 64.7 Å². The summed E-state index contributed by atoms with van der Waals surface area (Å²) in [6.45, 7) is 3.93. The number of rotatable bonds is 14. The van der Waals surface area contributed by atoms with Crippen LogP contribution in [0.2, 0.25) is 0 Å². The molecule has 0 aliphatic heterocycles. The lowest BCUT2D eigenvalue weighted by atomic mass is 10.1. The van der Waals surface area contributed by atoms with Crippen molar-refractivity contribution in [3.05, 3.63) is 0 Å². The number of hydrogen-bond donors (Lipinski definition) is 2. The predicted molar refractivity (Wildman–Crippen MR) is 78.1 cm³/mol. The molecule has 0 radical (unpaired) electrons. The van der Waals surface area contributed by atoms with E-state index in [1.54, 1.807) is 0 Å². The first-order valence-electron chi connectivity index (χ1n) is 7.76. The largest absolute Gasteiger partial charge is 0.394 e. The zero-order valence-electron chi connectivity index (χ0n) is 12.5. The molecule has 0 unspecified atom stereocenters. The lowest BCUT2D eigenvalue weighted by molar-refractivity contribution is -0.121. The van der Waals surface area contributed by atoms with Crippen LogP contribution in [-0.4, -0.2) is 37.4 Å². The monoisotopic (exact) mass is 273 g/mol. The number of hydrogen-bond acceptors (Lipinski definition) is 3. The van der Waals surface area contributed by atoms with Crippen LogP contribution in [0.4, 0.5) is 0 Å². The standard InChI is InChI=1S/C15H31NO3/c1-2-3-4-5-6-7-8-10-15(18)16-11-9-13-19-14-12-17/h17H,2-14H2,1H3,(H,16,18). The Kier molecular flexibility index (Phi) is 15.0. The molecule has 0 aromatic rings. The SMILES string of the molecule is CCCCCCCCCC(=O)NCCCOCCO. The molecule has 0 saturated carbocycles. The molecule has 1 amide bonds. The predicted octanol–water partition coefficient (Wildman–Crippen LogP) is 2.64. The topological polar surface area (TPSA) is 58.6 Å². The second-order valence-electron chi connectivity index (χ2n) is 4.91. The zero-order chi connectivity index (χ0) is 14.2. The molecule has 0 atom stereocenters. The van der Waals surface area contributed by atoms with Crippen molar-refractivity contribution < 1.29 is 14.6 Å². The van der Waals surface area contributed by atoms with Crippen molar-refractivity contribution in [2.75, 3.05) is 26.4 Å². The summed E-state index contributed by atoms with van der Waals surface area (Å²) in [6.07, 6.45) is 10.1. The second kappa shape index (κ2) is 15.4. The Morgan fingerprint density at radius 2 is 1.68 bits per heavy atom. The summed E-state index contributed by atoms with van der Waals surface area (Å²) in [4.78, 5) is 11.5. The third-order valence-corrected chi connectivity index (χ3v) is 3.03. The molecule has 0 saturated heterocycles. The molecule has 4 nitrogen and oxygen atoms in total. The molecule has 114 valence electrons. The van der Waals surface area contributed by atoms with E-state index in [1.807, 2.05) is 0 Å². The summed E-state index contributed by atoms with van der Waals surface area (Å²) in [5.41, 5.74) is 0. The Morgan fingerprint density at radius 3 is 2.37 bits per heavy atom. The smallest absolute Gasteiger partial charge is 0.219 e. The highest BCUT2D eigenvalue weighted by molar-refractivity contribution is 5.75. The van der Waals surface area contributed by atoms with Gasteiger partial charge in [-0.15, -0.1) is 0 Å². The third kappa shape index (κ3) is 15.3. The van der Waals surface area contributed by atoms with Gasteiger partial charge in [-0.25, -0.2) is 0 Å². The molecule has 2 N–H and O–H groups in total. The second-order valence-corrected chi connectivity index (χ2v) is 4.91. The van der Waals surface area contributed by atoms with E-state index in [-0.39, 0.29) is 12.5 Å². The van der Waals surface area contributed by atoms with E-state index >= 15 is 0 Å². The van der Waals surface area contributed by atoms with Crippen molar-refractivity contribution in [2.24, 2.45) is 0 Å². The molecule has 0 aromatic carbocycles. The minimum absolute atomic E-state index is 0.0601. The Bertz CT molecular complexity index is 198. The molecule has 4 heteroatoms. The highest BCUT2D eigenvalue weighted by Gasteiger charge is 2.00. The van der Waals surface area contributed by atoms with Gasteiger partial charge in [-0.2, -0.15) is 0 Å². The molecule has 0 spiro atoms. The minimum Gasteiger partial charge on any atom is -0.394 e. The fourth-order valence-electron chi connectivity index (χ4n) is 1.90. The van der Waals surface area contributed by atoms with Crippen LogP contribution in [0.15, 0.2) is 0 Å². The molecule has 0 rings (SSSR count). The van der Waals surface area contributed by atoms with Crippen molar-refractivity contribution >= 4 is 5.91 Å². The quantitative estimate of drug-likeness (QED) is 0.478. The van der Waals surface area contributed by atoms with Crippen molar-refractivity contribution in [1.82, 2.24) is 5.32 Å². The number of aliphatic hydroxyl groups is 1. The number of ether oxygens (including phenoxy) is 1. The van der Waals surface area contributed by atoms with Crippen LogP contribution in [-0.2, 0) is 9.53 Å². The number of nitrogens with one attached hydrogen (secondary N) is 1. The van der Waals surface area contributed by atoms with Gasteiger partial charge in [0.2, 0.25) is 5.91 Å². The highest BCUT2D eigenvalue weighted by atomic mass is 16.5.